The Labute approximate surface area is 133 Å². The monoisotopic (exact) mass is 456 g/mol. The van der Waals surface area contributed by atoms with Gasteiger partial charge in [0, 0.05) is 0 Å². The van der Waals surface area contributed by atoms with Crippen LogP contribution < -0.4 is 7.91 Å². The van der Waals surface area contributed by atoms with Crippen molar-refractivity contribution in [2.45, 2.75) is 25.7 Å². The summed E-state index contributed by atoms with van der Waals surface area (Å²) >= 11 is -1.47. The van der Waals surface area contributed by atoms with Crippen LogP contribution in [0.2, 0.25) is 0 Å². The van der Waals surface area contributed by atoms with Gasteiger partial charge in [-0.25, -0.2) is 0 Å². The Hall–Kier alpha value is -1.39. The van der Waals surface area contributed by atoms with E-state index in [-0.39, 0.29) is 0 Å². The summed E-state index contributed by atoms with van der Waals surface area (Å²) in [5.41, 5.74) is 0. The summed E-state index contributed by atoms with van der Waals surface area (Å²) in [6.45, 7) is 0. The summed E-state index contributed by atoms with van der Waals surface area (Å²) in [6.07, 6.45) is 12.0. The molecule has 1 aliphatic carbocycles. The molecule has 0 saturated carbocycles. The Balaban J connectivity index is 2.00. The van der Waals surface area contributed by atoms with Crippen LogP contribution in [-0.4, -0.2) is 0 Å². The molecule has 0 heterocycles. The maximum absolute atomic E-state index is 2.54. The molecule has 21 heavy (non-hydrogen) atoms. The minimum absolute atomic E-state index is 1.19. The van der Waals surface area contributed by atoms with E-state index in [0.29, 0.717) is 0 Å². The zero-order valence-corrected chi connectivity index (χ0v) is 14.4. The molecule has 1 aliphatic rings. The molecule has 0 atom stereocenters. The van der Waals surface area contributed by atoms with Gasteiger partial charge >= 0.3 is 134 Å². The fourth-order valence-corrected chi connectivity index (χ4v) is 8.90. The van der Waals surface area contributed by atoms with Gasteiger partial charge in [0.05, 0.1) is 0 Å². The maximum atomic E-state index is 2.54. The third kappa shape index (κ3) is 3.83. The van der Waals surface area contributed by atoms with E-state index in [2.05, 4.69) is 78.9 Å². The van der Waals surface area contributed by atoms with Crippen molar-refractivity contribution >= 4 is 7.91 Å². The van der Waals surface area contributed by atoms with Crippen LogP contribution in [0.3, 0.4) is 0 Å². The summed E-state index contributed by atoms with van der Waals surface area (Å²) in [5, 5.41) is 0. The minimum atomic E-state index is -1.47. The zero-order chi connectivity index (χ0) is 14.3. The fraction of sp³-hybridized carbons (Fsp3) is 0.200. The Bertz CT molecular complexity index is 571. The van der Waals surface area contributed by atoms with E-state index in [9.17, 15) is 0 Å². The molecule has 0 bridgehead atoms. The van der Waals surface area contributed by atoms with Crippen molar-refractivity contribution in [1.82, 2.24) is 0 Å². The number of benzene rings is 2. The number of hydrogen-bond donors (Lipinski definition) is 0. The van der Waals surface area contributed by atoms with Gasteiger partial charge in [-0.1, -0.05) is 0 Å². The Morgan fingerprint density at radius 3 is 1.81 bits per heavy atom. The predicted octanol–water partition coefficient (Wildman–Crippen LogP) is 4.27. The van der Waals surface area contributed by atoms with Gasteiger partial charge in [-0.05, 0) is 0 Å². The molecule has 0 aromatic heterocycles. The van der Waals surface area contributed by atoms with Crippen molar-refractivity contribution in [3.63, 3.8) is 0 Å². The molecular weight excluding hydrogens is 435 g/mol. The molecule has 0 spiro atoms. The molecular formula is C20H21Pt. The van der Waals surface area contributed by atoms with E-state index in [1.807, 2.05) is 0 Å². The zero-order valence-electron chi connectivity index (χ0n) is 12.2. The second kappa shape index (κ2) is 7.57. The molecule has 1 heteroatoms. The van der Waals surface area contributed by atoms with Crippen molar-refractivity contribution in [2.24, 2.45) is 0 Å². The molecule has 3 rings (SSSR count). The quantitative estimate of drug-likeness (QED) is 0.606. The first-order chi connectivity index (χ1) is 10.4. The summed E-state index contributed by atoms with van der Waals surface area (Å²) in [6, 6.07) is 22.3. The molecule has 0 unspecified atom stereocenters. The van der Waals surface area contributed by atoms with Crippen LogP contribution in [0, 0.1) is 0 Å². The van der Waals surface area contributed by atoms with Gasteiger partial charge in [0.2, 0.25) is 0 Å². The van der Waals surface area contributed by atoms with Crippen molar-refractivity contribution in [3.8, 4) is 0 Å². The van der Waals surface area contributed by atoms with E-state index in [1.165, 1.54) is 25.7 Å². The van der Waals surface area contributed by atoms with Gasteiger partial charge in [0.25, 0.3) is 0 Å². The third-order valence-corrected chi connectivity index (χ3v) is 10.0. The third-order valence-electron chi connectivity index (χ3n) is 3.38. The van der Waals surface area contributed by atoms with Crippen LogP contribution in [0.4, 0.5) is 0 Å². The molecule has 2 aromatic carbocycles. The first-order valence-corrected chi connectivity index (χ1v) is 10.9. The molecule has 0 amide bonds. The predicted molar refractivity (Wildman–Crippen MR) is 87.8 cm³/mol. The Morgan fingerprint density at radius 1 is 0.619 bits per heavy atom. The first-order valence-electron chi connectivity index (χ1n) is 7.50. The van der Waals surface area contributed by atoms with Crippen LogP contribution in [0.5, 0.6) is 0 Å². The van der Waals surface area contributed by atoms with E-state index in [1.54, 1.807) is 11.9 Å². The molecule has 2 aromatic rings. The number of allylic oxidation sites excluding steroid dienone is 4. The van der Waals surface area contributed by atoms with Crippen molar-refractivity contribution in [1.29, 1.82) is 0 Å². The van der Waals surface area contributed by atoms with Crippen molar-refractivity contribution < 1.29 is 17.3 Å². The number of rotatable bonds is 3. The van der Waals surface area contributed by atoms with Crippen molar-refractivity contribution in [2.75, 3.05) is 0 Å². The molecule has 0 radical (unpaired) electrons. The van der Waals surface area contributed by atoms with E-state index < -0.39 is 17.3 Å². The second-order valence-electron chi connectivity index (χ2n) is 4.96. The Morgan fingerprint density at radius 2 is 1.19 bits per heavy atom. The SMILES string of the molecule is C1=C\CC/[C]([Pt]([c]2ccccc2)[c]2ccccc2)=C\CC/1. The van der Waals surface area contributed by atoms with Gasteiger partial charge in [0.15, 0.2) is 0 Å². The van der Waals surface area contributed by atoms with Crippen molar-refractivity contribution in [3.05, 3.63) is 82.9 Å². The van der Waals surface area contributed by atoms with Crippen LogP contribution in [0.1, 0.15) is 25.7 Å². The average molecular weight is 456 g/mol. The van der Waals surface area contributed by atoms with Gasteiger partial charge in [0.1, 0.15) is 0 Å². The van der Waals surface area contributed by atoms with E-state index in [4.69, 9.17) is 0 Å². The van der Waals surface area contributed by atoms with Gasteiger partial charge in [-0.2, -0.15) is 0 Å². The van der Waals surface area contributed by atoms with Gasteiger partial charge in [-0.3, -0.25) is 0 Å². The Kier molecular flexibility index (Phi) is 5.24. The van der Waals surface area contributed by atoms with E-state index in [0.717, 1.165) is 0 Å². The molecule has 0 fully saturated rings. The standard InChI is InChI=1S/C8H11.2C6H5.Pt/c1-2-4-6-8-7-5-3-1;2*1-2-4-6-5-3-1;/h1-2,7H,3-6H2;2*1-5H;/b2-1-,8-7?;;;. The van der Waals surface area contributed by atoms with Gasteiger partial charge < -0.3 is 0 Å². The molecule has 0 N–H and O–H groups in total. The molecule has 0 nitrogen and oxygen atoms in total. The summed E-state index contributed by atoms with van der Waals surface area (Å²) in [7, 11) is 0. The topological polar surface area (TPSA) is 0 Å². The van der Waals surface area contributed by atoms with E-state index >= 15 is 0 Å². The van der Waals surface area contributed by atoms with Crippen LogP contribution in [-0.2, 0) is 17.3 Å². The normalized spacial score (nSPS) is 19.8. The molecule has 111 valence electrons. The summed E-state index contributed by atoms with van der Waals surface area (Å²) in [4.78, 5) is 0. The summed E-state index contributed by atoms with van der Waals surface area (Å²) in [5.74, 6) is 0. The number of hydrogen-bond acceptors (Lipinski definition) is 0. The fourth-order valence-electron chi connectivity index (χ4n) is 2.38. The van der Waals surface area contributed by atoms with Gasteiger partial charge in [-0.15, -0.1) is 0 Å². The van der Waals surface area contributed by atoms with Crippen LogP contribution in [0.15, 0.2) is 82.9 Å². The molecule has 0 saturated heterocycles. The second-order valence-corrected chi connectivity index (χ2v) is 10.7. The first kappa shape index (κ1) is 14.5. The van der Waals surface area contributed by atoms with Crippen LogP contribution >= 0.6 is 0 Å². The molecule has 0 aliphatic heterocycles. The average Bonchev–Trinajstić information content (AvgIpc) is 2.52. The summed E-state index contributed by atoms with van der Waals surface area (Å²) < 4.78 is 4.84. The van der Waals surface area contributed by atoms with Crippen LogP contribution in [0.25, 0.3) is 0 Å².